The molecule has 5 N–H and O–H groups in total. The van der Waals surface area contributed by atoms with Crippen LogP contribution in [0.1, 0.15) is 5.69 Å². The third kappa shape index (κ3) is 5.56. The lowest BCUT2D eigenvalue weighted by atomic mass is 10.0. The van der Waals surface area contributed by atoms with Gasteiger partial charge >= 0.3 is 11.9 Å². The van der Waals surface area contributed by atoms with Crippen molar-refractivity contribution in [1.82, 2.24) is 35.4 Å². The van der Waals surface area contributed by atoms with Crippen molar-refractivity contribution in [2.24, 2.45) is 5.16 Å². The van der Waals surface area contributed by atoms with Gasteiger partial charge in [-0.3, -0.25) is 19.3 Å². The molecule has 198 valence electrons. The Morgan fingerprint density at radius 1 is 1.39 bits per heavy atom. The molecule has 2 amide bonds. The zero-order chi connectivity index (χ0) is 27.4. The number of carbonyl (C=O) groups excluding carboxylic acids is 2. The number of thioether (sulfide) groups is 2. The molecule has 2 aliphatic heterocycles. The number of terminal acetylenes is 1. The fourth-order valence-corrected chi connectivity index (χ4v) is 6.33. The van der Waals surface area contributed by atoms with Crippen LogP contribution in [-0.4, -0.2) is 99.3 Å². The predicted molar refractivity (Wildman–Crippen MR) is 134 cm³/mol. The second-order valence-electron chi connectivity index (χ2n) is 7.41. The van der Waals surface area contributed by atoms with Gasteiger partial charge < -0.3 is 26.1 Å². The number of aliphatic carboxylic acids is 2. The molecule has 2 aromatic heterocycles. The van der Waals surface area contributed by atoms with Gasteiger partial charge in [0.25, 0.3) is 11.8 Å². The standard InChI is InChI=1S/C19H17N9O7S3/c1-2-3-35-24-11(9-7-37-18(20)21-9)14(31)22-12-15(32)28-13(17(33)34)8(5-36-16(12)28)6-38-19-23-25-26-27(19)4-10(29)30/h1,7,12,16H,3-6H2,(H2,20,21)(H,22,31)(H,29,30)(H,33,34)/t12?,16-/m1/s1. The van der Waals surface area contributed by atoms with E-state index in [-0.39, 0.29) is 45.5 Å². The molecule has 19 heteroatoms. The number of oxime groups is 1. The number of nitrogens with one attached hydrogen (secondary N) is 1. The maximum atomic E-state index is 13.0. The van der Waals surface area contributed by atoms with E-state index < -0.39 is 41.7 Å². The summed E-state index contributed by atoms with van der Waals surface area (Å²) in [7, 11) is 0. The zero-order valence-corrected chi connectivity index (χ0v) is 21.5. The molecule has 1 saturated heterocycles. The molecule has 2 atom stereocenters. The van der Waals surface area contributed by atoms with E-state index in [4.69, 9.17) is 22.1 Å². The highest BCUT2D eigenvalue weighted by Crippen LogP contribution is 2.41. The van der Waals surface area contributed by atoms with E-state index in [0.717, 1.165) is 32.7 Å². The molecule has 16 nitrogen and oxygen atoms in total. The van der Waals surface area contributed by atoms with Gasteiger partial charge in [-0.15, -0.1) is 34.6 Å². The predicted octanol–water partition coefficient (Wildman–Crippen LogP) is -1.32. The number of fused-ring (bicyclic) bond motifs is 1. The number of hydrogen-bond donors (Lipinski definition) is 4. The molecule has 38 heavy (non-hydrogen) atoms. The Morgan fingerprint density at radius 3 is 2.84 bits per heavy atom. The van der Waals surface area contributed by atoms with Gasteiger partial charge in [-0.25, -0.2) is 14.5 Å². The summed E-state index contributed by atoms with van der Waals surface area (Å²) in [4.78, 5) is 59.0. The number of amides is 2. The first-order valence-corrected chi connectivity index (χ1v) is 13.3. The van der Waals surface area contributed by atoms with Gasteiger partial charge in [-0.1, -0.05) is 22.8 Å². The van der Waals surface area contributed by atoms with Crippen molar-refractivity contribution in [1.29, 1.82) is 0 Å². The maximum absolute atomic E-state index is 13.0. The van der Waals surface area contributed by atoms with Crippen LogP contribution in [0.25, 0.3) is 0 Å². The first-order valence-electron chi connectivity index (χ1n) is 10.4. The molecule has 0 radical (unpaired) electrons. The molecule has 1 fully saturated rings. The number of thiazole rings is 1. The Balaban J connectivity index is 1.48. The van der Waals surface area contributed by atoms with Gasteiger partial charge in [-0.2, -0.15) is 0 Å². The second kappa shape index (κ2) is 11.5. The quantitative estimate of drug-likeness (QED) is 0.0605. The summed E-state index contributed by atoms with van der Waals surface area (Å²) in [5.74, 6) is -1.35. The topological polar surface area (TPSA) is 228 Å². The van der Waals surface area contributed by atoms with Crippen LogP contribution in [0.5, 0.6) is 0 Å². The molecule has 4 rings (SSSR count). The molecule has 0 bridgehead atoms. The largest absolute Gasteiger partial charge is 0.480 e. The lowest BCUT2D eigenvalue weighted by Crippen LogP contribution is -2.71. The van der Waals surface area contributed by atoms with E-state index in [1.807, 2.05) is 0 Å². The highest BCUT2D eigenvalue weighted by Gasteiger charge is 2.54. The first kappa shape index (κ1) is 26.9. The van der Waals surface area contributed by atoms with Crippen LogP contribution in [0, 0.1) is 12.3 Å². The number of nitrogen functional groups attached to an aromatic ring is 1. The third-order valence-corrected chi connectivity index (χ3v) is 8.04. The maximum Gasteiger partial charge on any atom is 0.352 e. The number of β-lactam (4-membered cyclic amide) rings is 1. The van der Waals surface area contributed by atoms with Crippen LogP contribution in [0.15, 0.2) is 27.0 Å². The Morgan fingerprint density at radius 2 is 2.18 bits per heavy atom. The molecule has 2 aliphatic rings. The van der Waals surface area contributed by atoms with Gasteiger partial charge in [-0.05, 0) is 16.0 Å². The van der Waals surface area contributed by atoms with E-state index in [1.165, 1.54) is 17.1 Å². The summed E-state index contributed by atoms with van der Waals surface area (Å²) in [6, 6.07) is -1.03. The summed E-state index contributed by atoms with van der Waals surface area (Å²) in [6.07, 6.45) is 5.14. The molecular weight excluding hydrogens is 562 g/mol. The highest BCUT2D eigenvalue weighted by atomic mass is 32.2. The summed E-state index contributed by atoms with van der Waals surface area (Å²) in [6.45, 7) is -0.670. The van der Waals surface area contributed by atoms with E-state index in [9.17, 15) is 24.3 Å². The van der Waals surface area contributed by atoms with Crippen molar-refractivity contribution >= 4 is 69.5 Å². The van der Waals surface area contributed by atoms with Crippen LogP contribution < -0.4 is 11.1 Å². The fraction of sp³-hybridized carbons (Fsp3) is 0.316. The number of aromatic nitrogens is 5. The second-order valence-corrected chi connectivity index (χ2v) is 10.3. The van der Waals surface area contributed by atoms with E-state index in [0.29, 0.717) is 5.57 Å². The van der Waals surface area contributed by atoms with Gasteiger partial charge in [0.2, 0.25) is 5.16 Å². The number of hydrogen-bond acceptors (Lipinski definition) is 14. The SMILES string of the molecule is C#CCON=C(C(=O)NC1C(=O)N2C(C(=O)O)=C(CSc3nnnn3CC(=O)O)CS[C@H]12)c1csc(N)n1. The number of rotatable bonds is 11. The highest BCUT2D eigenvalue weighted by molar-refractivity contribution is 8.01. The number of carboxylic acid groups (broad SMARTS) is 2. The summed E-state index contributed by atoms with van der Waals surface area (Å²) >= 11 is 3.36. The van der Waals surface area contributed by atoms with Gasteiger partial charge in [0, 0.05) is 16.9 Å². The van der Waals surface area contributed by atoms with Gasteiger partial charge in [0.05, 0.1) is 0 Å². The minimum Gasteiger partial charge on any atom is -0.480 e. The lowest BCUT2D eigenvalue weighted by Gasteiger charge is -2.49. The Hall–Kier alpha value is -4.15. The van der Waals surface area contributed by atoms with E-state index in [1.54, 1.807) is 0 Å². The van der Waals surface area contributed by atoms with Crippen molar-refractivity contribution in [3.8, 4) is 12.3 Å². The number of tetrazole rings is 1. The Labute approximate surface area is 225 Å². The molecule has 0 saturated carbocycles. The average molecular weight is 580 g/mol. The minimum atomic E-state index is -1.32. The summed E-state index contributed by atoms with van der Waals surface area (Å²) in [5.41, 5.74) is 5.72. The smallest absolute Gasteiger partial charge is 0.352 e. The summed E-state index contributed by atoms with van der Waals surface area (Å²) in [5, 5.41) is 37.1. The molecule has 2 aromatic rings. The number of carbonyl (C=O) groups is 4. The van der Waals surface area contributed by atoms with Crippen LogP contribution in [0.2, 0.25) is 0 Å². The molecular formula is C19H17N9O7S3. The third-order valence-electron chi connectivity index (χ3n) is 4.98. The van der Waals surface area contributed by atoms with Crippen LogP contribution in [0.4, 0.5) is 5.13 Å². The van der Waals surface area contributed by atoms with E-state index >= 15 is 0 Å². The first-order chi connectivity index (χ1) is 18.2. The van der Waals surface area contributed by atoms with Crippen molar-refractivity contribution in [3.63, 3.8) is 0 Å². The van der Waals surface area contributed by atoms with Crippen molar-refractivity contribution in [2.75, 3.05) is 23.8 Å². The normalized spacial score (nSPS) is 18.9. The molecule has 0 spiro atoms. The molecule has 0 aliphatic carbocycles. The fourth-order valence-electron chi connectivity index (χ4n) is 3.42. The van der Waals surface area contributed by atoms with Crippen LogP contribution in [0.3, 0.4) is 0 Å². The van der Waals surface area contributed by atoms with Crippen molar-refractivity contribution < 1.29 is 34.2 Å². The van der Waals surface area contributed by atoms with Crippen LogP contribution in [-0.2, 0) is 30.6 Å². The molecule has 4 heterocycles. The number of carboxylic acids is 2. The van der Waals surface area contributed by atoms with Gasteiger partial charge in [0.1, 0.15) is 29.4 Å². The Kier molecular flexibility index (Phi) is 8.13. The van der Waals surface area contributed by atoms with Gasteiger partial charge in [0.15, 0.2) is 17.5 Å². The van der Waals surface area contributed by atoms with Crippen molar-refractivity contribution in [2.45, 2.75) is 23.1 Å². The number of nitrogens with two attached hydrogens (primary N) is 1. The minimum absolute atomic E-state index is 0.0940. The number of anilines is 1. The lowest BCUT2D eigenvalue weighted by molar-refractivity contribution is -0.150. The zero-order valence-electron chi connectivity index (χ0n) is 19.0. The molecule has 1 unspecified atom stereocenters. The average Bonchev–Trinajstić information content (AvgIpc) is 3.50. The molecule has 0 aromatic carbocycles. The monoisotopic (exact) mass is 579 g/mol. The summed E-state index contributed by atoms with van der Waals surface area (Å²) < 4.78 is 1.07. The number of nitrogens with zero attached hydrogens (tertiary/aromatic N) is 7. The van der Waals surface area contributed by atoms with Crippen LogP contribution >= 0.6 is 34.9 Å². The van der Waals surface area contributed by atoms with Crippen molar-refractivity contribution in [3.05, 3.63) is 22.3 Å². The van der Waals surface area contributed by atoms with E-state index in [2.05, 4.69) is 36.9 Å². The Bertz CT molecular complexity index is 1400.